The number of hydrogen-bond donors (Lipinski definition) is 2. The van der Waals surface area contributed by atoms with Gasteiger partial charge in [0, 0.05) is 0 Å². The number of amides is 1. The molecule has 9 heteroatoms. The number of nitrogens with zero attached hydrogens (tertiary/aromatic N) is 3. The fourth-order valence-electron chi connectivity index (χ4n) is 5.04. The summed E-state index contributed by atoms with van der Waals surface area (Å²) in [5, 5.41) is 6.80. The van der Waals surface area contributed by atoms with Gasteiger partial charge in [-0.3, -0.25) is 0 Å². The molecular formula is C28H32AsClN5O2. The molecule has 3 aromatic rings. The van der Waals surface area contributed by atoms with Crippen molar-refractivity contribution >= 4 is 53.7 Å². The zero-order chi connectivity index (χ0) is 25.6. The standard InChI is InChI=1S/C28H32AsClN5O2/c1-2-31-27(36)23-5-3-4-6-24(23)29-26-25(30)18-32-28(34-26)33-21-10-7-19-8-11-22(12-9-20(19)17-21)35-13-15-37-16-14-35/h3-7,10,17-18,22H,2,8-9,11-16H2,1H3,(H,31,36)(H,32,33,34). The molecule has 1 fully saturated rings. The first kappa shape index (κ1) is 26.2. The van der Waals surface area contributed by atoms with Gasteiger partial charge in [-0.15, -0.1) is 0 Å². The van der Waals surface area contributed by atoms with Crippen molar-refractivity contribution in [3.63, 3.8) is 0 Å². The minimum atomic E-state index is -0.595. The third kappa shape index (κ3) is 6.53. The summed E-state index contributed by atoms with van der Waals surface area (Å²) in [4.78, 5) is 24.3. The number of rotatable bonds is 7. The summed E-state index contributed by atoms with van der Waals surface area (Å²) < 4.78 is 7.29. The summed E-state index contributed by atoms with van der Waals surface area (Å²) in [5.41, 5.74) is 4.49. The van der Waals surface area contributed by atoms with E-state index in [1.807, 2.05) is 31.2 Å². The van der Waals surface area contributed by atoms with Crippen LogP contribution in [0.2, 0.25) is 5.02 Å². The number of carbonyl (C=O) groups is 1. The molecule has 5 rings (SSSR count). The van der Waals surface area contributed by atoms with Crippen molar-refractivity contribution < 1.29 is 9.53 Å². The number of aryl methyl sites for hydroxylation is 2. The van der Waals surface area contributed by atoms with Gasteiger partial charge in [0.1, 0.15) is 0 Å². The average molecular weight is 581 g/mol. The fourth-order valence-corrected chi connectivity index (χ4v) is 7.43. The number of anilines is 2. The molecule has 2 heterocycles. The second-order valence-electron chi connectivity index (χ2n) is 9.34. The molecule has 0 bridgehead atoms. The van der Waals surface area contributed by atoms with Crippen LogP contribution in [0.3, 0.4) is 0 Å². The van der Waals surface area contributed by atoms with E-state index in [1.165, 1.54) is 24.0 Å². The Balaban J connectivity index is 1.29. The van der Waals surface area contributed by atoms with E-state index in [-0.39, 0.29) is 5.91 Å². The summed E-state index contributed by atoms with van der Waals surface area (Å²) >= 11 is 5.90. The number of hydrogen-bond acceptors (Lipinski definition) is 6. The van der Waals surface area contributed by atoms with Crippen LogP contribution in [0, 0.1) is 0 Å². The molecule has 193 valence electrons. The van der Waals surface area contributed by atoms with E-state index in [1.54, 1.807) is 6.20 Å². The van der Waals surface area contributed by atoms with Gasteiger partial charge in [-0.1, -0.05) is 0 Å². The zero-order valence-electron chi connectivity index (χ0n) is 21.0. The molecule has 1 amide bonds. The Morgan fingerprint density at radius 1 is 1.14 bits per heavy atom. The number of nitrogens with one attached hydrogen (secondary N) is 2. The Labute approximate surface area is 230 Å². The molecule has 37 heavy (non-hydrogen) atoms. The Morgan fingerprint density at radius 2 is 1.92 bits per heavy atom. The van der Waals surface area contributed by atoms with Gasteiger partial charge in [0.25, 0.3) is 0 Å². The Morgan fingerprint density at radius 3 is 2.73 bits per heavy atom. The molecule has 2 aromatic carbocycles. The first-order valence-corrected chi connectivity index (χ1v) is 15.2. The first-order valence-electron chi connectivity index (χ1n) is 12.9. The molecule has 0 saturated carbocycles. The zero-order valence-corrected chi connectivity index (χ0v) is 23.7. The van der Waals surface area contributed by atoms with Crippen molar-refractivity contribution in [2.75, 3.05) is 38.2 Å². The second kappa shape index (κ2) is 12.4. The molecule has 1 aliphatic carbocycles. The minimum absolute atomic E-state index is 0.0715. The van der Waals surface area contributed by atoms with Gasteiger partial charge in [0.05, 0.1) is 13.2 Å². The number of ether oxygens (including phenoxy) is 1. The molecule has 1 aromatic heterocycles. The number of benzene rings is 2. The molecule has 0 spiro atoms. The normalized spacial score (nSPS) is 18.4. The summed E-state index contributed by atoms with van der Waals surface area (Å²) in [6, 6.07) is 14.9. The summed E-state index contributed by atoms with van der Waals surface area (Å²) in [6.45, 7) is 6.28. The van der Waals surface area contributed by atoms with Crippen molar-refractivity contribution in [3.8, 4) is 0 Å². The van der Waals surface area contributed by atoms with Crippen molar-refractivity contribution in [3.05, 3.63) is 70.4 Å². The first-order chi connectivity index (χ1) is 18.1. The molecular weight excluding hydrogens is 549 g/mol. The van der Waals surface area contributed by atoms with Crippen LogP contribution in [0.25, 0.3) is 0 Å². The van der Waals surface area contributed by atoms with Gasteiger partial charge in [0.2, 0.25) is 0 Å². The van der Waals surface area contributed by atoms with E-state index in [0.29, 0.717) is 29.1 Å². The predicted molar refractivity (Wildman–Crippen MR) is 149 cm³/mol. The topological polar surface area (TPSA) is 79.4 Å². The van der Waals surface area contributed by atoms with Crippen molar-refractivity contribution in [2.24, 2.45) is 0 Å². The van der Waals surface area contributed by atoms with Crippen LogP contribution < -0.4 is 19.5 Å². The van der Waals surface area contributed by atoms with Crippen molar-refractivity contribution in [2.45, 2.75) is 38.6 Å². The molecule has 1 unspecified atom stereocenters. The Bertz CT molecular complexity index is 1250. The Kier molecular flexibility index (Phi) is 8.77. The van der Waals surface area contributed by atoms with Gasteiger partial charge >= 0.3 is 213 Å². The molecule has 2 aliphatic rings. The maximum atomic E-state index is 12.5. The van der Waals surface area contributed by atoms with Crippen LogP contribution in [-0.2, 0) is 17.6 Å². The monoisotopic (exact) mass is 580 g/mol. The van der Waals surface area contributed by atoms with E-state index < -0.39 is 15.8 Å². The second-order valence-corrected chi connectivity index (χ2v) is 12.1. The van der Waals surface area contributed by atoms with Crippen molar-refractivity contribution in [1.82, 2.24) is 20.2 Å². The number of aromatic nitrogens is 2. The van der Waals surface area contributed by atoms with Crippen LogP contribution in [0.1, 0.15) is 41.3 Å². The molecule has 1 aliphatic heterocycles. The maximum absolute atomic E-state index is 12.5. The number of carbonyl (C=O) groups excluding carboxylic acids is 1. The van der Waals surface area contributed by atoms with E-state index >= 15 is 0 Å². The van der Waals surface area contributed by atoms with Crippen LogP contribution in [0.4, 0.5) is 11.6 Å². The molecule has 1 radical (unpaired) electrons. The fraction of sp³-hybridized carbons (Fsp3) is 0.393. The molecule has 2 N–H and O–H groups in total. The Hall–Kier alpha value is -2.44. The van der Waals surface area contributed by atoms with Gasteiger partial charge in [-0.2, -0.15) is 0 Å². The third-order valence-corrected chi connectivity index (χ3v) is 10.0. The molecule has 1 atom stereocenters. The van der Waals surface area contributed by atoms with Crippen LogP contribution in [-0.4, -0.2) is 75.4 Å². The quantitative estimate of drug-likeness (QED) is 0.331. The van der Waals surface area contributed by atoms with Crippen LogP contribution in [0.5, 0.6) is 0 Å². The van der Waals surface area contributed by atoms with E-state index in [4.69, 9.17) is 21.3 Å². The molecule has 7 nitrogen and oxygen atoms in total. The average Bonchev–Trinajstić information content (AvgIpc) is 3.14. The van der Waals surface area contributed by atoms with Gasteiger partial charge in [-0.05, 0) is 0 Å². The number of halogens is 1. The number of morpholine rings is 1. The van der Waals surface area contributed by atoms with Gasteiger partial charge < -0.3 is 4.74 Å². The summed E-state index contributed by atoms with van der Waals surface area (Å²) in [6.07, 6.45) is 6.19. The predicted octanol–water partition coefficient (Wildman–Crippen LogP) is 2.86. The van der Waals surface area contributed by atoms with E-state index in [2.05, 4.69) is 38.7 Å². The number of fused-ring (bicyclic) bond motifs is 1. The van der Waals surface area contributed by atoms with E-state index in [9.17, 15) is 4.79 Å². The third-order valence-electron chi connectivity index (χ3n) is 6.96. The van der Waals surface area contributed by atoms with E-state index in [0.717, 1.165) is 53.7 Å². The van der Waals surface area contributed by atoms with Gasteiger partial charge in [-0.25, -0.2) is 0 Å². The molecule has 1 saturated heterocycles. The summed E-state index contributed by atoms with van der Waals surface area (Å²) in [7, 11) is 0. The van der Waals surface area contributed by atoms with Gasteiger partial charge in [0.15, 0.2) is 0 Å². The van der Waals surface area contributed by atoms with Crippen LogP contribution >= 0.6 is 11.6 Å². The van der Waals surface area contributed by atoms with Crippen molar-refractivity contribution in [1.29, 1.82) is 0 Å². The SMILES string of the molecule is CCNC(=O)c1ccccc1[As]c1nc(Nc2ccc3c(c2)CCC(N2CCOCC2)CC3)ncc1Cl. The van der Waals surface area contributed by atoms with Crippen LogP contribution in [0.15, 0.2) is 48.7 Å². The summed E-state index contributed by atoms with van der Waals surface area (Å²) in [5.74, 6) is 0.447.